The number of methoxy groups -OCH3 is 1. The molecule has 2 aromatic carbocycles. The molecule has 2 aromatic rings. The van der Waals surface area contributed by atoms with Crippen molar-refractivity contribution in [1.29, 1.82) is 0 Å². The normalized spacial score (nSPS) is 11.5. The molecule has 29 heavy (non-hydrogen) atoms. The molecule has 8 heteroatoms. The van der Waals surface area contributed by atoms with E-state index in [2.05, 4.69) is 15.6 Å². The van der Waals surface area contributed by atoms with Crippen molar-refractivity contribution in [1.82, 2.24) is 10.6 Å². The fourth-order valence-electron chi connectivity index (χ4n) is 2.70. The number of nitrogens with zero attached hydrogens (tertiary/aromatic N) is 1. The third-order valence-electron chi connectivity index (χ3n) is 4.29. The minimum atomic E-state index is -3.16. The highest BCUT2D eigenvalue weighted by molar-refractivity contribution is 14.0. The van der Waals surface area contributed by atoms with Crippen LogP contribution in [0, 0.1) is 6.92 Å². The van der Waals surface area contributed by atoms with E-state index in [4.69, 9.17) is 4.74 Å². The molecular weight excluding hydrogens is 501 g/mol. The predicted octanol–water partition coefficient (Wildman–Crippen LogP) is 3.32. The van der Waals surface area contributed by atoms with Crippen molar-refractivity contribution in [2.45, 2.75) is 31.7 Å². The smallest absolute Gasteiger partial charge is 0.191 e. The summed E-state index contributed by atoms with van der Waals surface area (Å²) in [6.45, 7) is 6.05. The minimum absolute atomic E-state index is 0. The van der Waals surface area contributed by atoms with Crippen LogP contribution in [0.2, 0.25) is 0 Å². The molecule has 0 fully saturated rings. The number of aliphatic imine (C=N–C) groups is 1. The summed E-state index contributed by atoms with van der Waals surface area (Å²) >= 11 is 0. The maximum Gasteiger partial charge on any atom is 0.191 e. The molecule has 0 unspecified atom stereocenters. The second kappa shape index (κ2) is 12.0. The lowest BCUT2D eigenvalue weighted by atomic mass is 10.1. The van der Waals surface area contributed by atoms with Crippen LogP contribution in [-0.2, 0) is 22.8 Å². The van der Waals surface area contributed by atoms with Crippen molar-refractivity contribution in [3.05, 3.63) is 59.2 Å². The first-order chi connectivity index (χ1) is 13.3. The number of aryl methyl sites for hydroxylation is 1. The molecule has 0 amide bonds. The first-order valence-corrected chi connectivity index (χ1v) is 11.2. The van der Waals surface area contributed by atoms with Gasteiger partial charge in [-0.15, -0.1) is 24.0 Å². The highest BCUT2D eigenvalue weighted by atomic mass is 127. The largest absolute Gasteiger partial charge is 0.496 e. The zero-order chi connectivity index (χ0) is 20.6. The van der Waals surface area contributed by atoms with Crippen molar-refractivity contribution in [2.24, 2.45) is 4.99 Å². The van der Waals surface area contributed by atoms with E-state index in [0.29, 0.717) is 18.0 Å². The molecule has 2 N–H and O–H groups in total. The van der Waals surface area contributed by atoms with Crippen LogP contribution in [0.4, 0.5) is 0 Å². The summed E-state index contributed by atoms with van der Waals surface area (Å²) in [5.41, 5.74) is 3.25. The van der Waals surface area contributed by atoms with Crippen LogP contribution in [0.3, 0.4) is 0 Å². The van der Waals surface area contributed by atoms with Gasteiger partial charge in [-0.3, -0.25) is 0 Å². The number of sulfone groups is 1. The number of halogens is 1. The summed E-state index contributed by atoms with van der Waals surface area (Å²) in [5.74, 6) is 1.61. The Labute approximate surface area is 191 Å². The Morgan fingerprint density at radius 1 is 1.07 bits per heavy atom. The number of benzene rings is 2. The Balaban J connectivity index is 0.00000420. The third-order valence-corrected chi connectivity index (χ3v) is 5.42. The van der Waals surface area contributed by atoms with E-state index in [-0.39, 0.29) is 24.0 Å². The molecule has 160 valence electrons. The van der Waals surface area contributed by atoms with Crippen LogP contribution < -0.4 is 15.4 Å². The van der Waals surface area contributed by atoms with Crippen LogP contribution in [0.1, 0.15) is 23.6 Å². The van der Waals surface area contributed by atoms with E-state index in [1.165, 1.54) is 6.26 Å². The number of hydrogen-bond donors (Lipinski definition) is 2. The third kappa shape index (κ3) is 8.22. The number of nitrogens with one attached hydrogen (secondary N) is 2. The van der Waals surface area contributed by atoms with E-state index in [9.17, 15) is 8.42 Å². The number of rotatable bonds is 8. The molecule has 0 atom stereocenters. The molecule has 0 saturated carbocycles. The molecule has 0 aromatic heterocycles. The summed E-state index contributed by atoms with van der Waals surface area (Å²) in [6, 6.07) is 13.1. The van der Waals surface area contributed by atoms with Crippen LogP contribution in [-0.4, -0.2) is 40.8 Å². The van der Waals surface area contributed by atoms with Gasteiger partial charge in [-0.2, -0.15) is 0 Å². The van der Waals surface area contributed by atoms with Gasteiger partial charge in [-0.1, -0.05) is 24.3 Å². The lowest BCUT2D eigenvalue weighted by Crippen LogP contribution is -2.38. The van der Waals surface area contributed by atoms with Gasteiger partial charge in [-0.25, -0.2) is 13.4 Å². The van der Waals surface area contributed by atoms with Crippen molar-refractivity contribution < 1.29 is 13.2 Å². The first kappa shape index (κ1) is 25.2. The molecule has 0 aliphatic carbocycles. The molecule has 0 heterocycles. The summed E-state index contributed by atoms with van der Waals surface area (Å²) in [7, 11) is -1.49. The fourth-order valence-corrected chi connectivity index (χ4v) is 3.33. The molecule has 6 nitrogen and oxygen atoms in total. The van der Waals surface area contributed by atoms with Gasteiger partial charge in [0.25, 0.3) is 0 Å². The monoisotopic (exact) mass is 531 g/mol. The van der Waals surface area contributed by atoms with Crippen molar-refractivity contribution in [3.63, 3.8) is 0 Å². The Kier molecular flexibility index (Phi) is 10.5. The molecular formula is C21H30IN3O3S. The van der Waals surface area contributed by atoms with E-state index in [0.717, 1.165) is 41.4 Å². The quantitative estimate of drug-likeness (QED) is 0.311. The van der Waals surface area contributed by atoms with Crippen molar-refractivity contribution in [3.8, 4) is 5.75 Å². The molecule has 0 saturated heterocycles. The lowest BCUT2D eigenvalue weighted by molar-refractivity contribution is 0.411. The summed E-state index contributed by atoms with van der Waals surface area (Å²) in [5, 5.41) is 6.55. The van der Waals surface area contributed by atoms with E-state index in [1.54, 1.807) is 19.2 Å². The summed E-state index contributed by atoms with van der Waals surface area (Å²) in [6.07, 6.45) is 1.99. The average Bonchev–Trinajstić information content (AvgIpc) is 2.67. The standard InChI is InChI=1S/C21H29N3O3S.HI/c1-5-22-21(24-15-18-7-6-16(2)20(14-18)27-3)23-13-12-17-8-10-19(11-9-17)28(4,25)26;/h6-11,14H,5,12-13,15H2,1-4H3,(H2,22,23,24);1H. The molecule has 0 aliphatic rings. The lowest BCUT2D eigenvalue weighted by Gasteiger charge is -2.12. The molecule has 0 aliphatic heterocycles. The van der Waals surface area contributed by atoms with Crippen LogP contribution in [0.25, 0.3) is 0 Å². The van der Waals surface area contributed by atoms with E-state index >= 15 is 0 Å². The van der Waals surface area contributed by atoms with Gasteiger partial charge in [0, 0.05) is 19.3 Å². The maximum absolute atomic E-state index is 11.5. The zero-order valence-corrected chi connectivity index (χ0v) is 20.5. The number of hydrogen-bond acceptors (Lipinski definition) is 4. The molecule has 2 rings (SSSR count). The van der Waals surface area contributed by atoms with Gasteiger partial charge >= 0.3 is 0 Å². The minimum Gasteiger partial charge on any atom is -0.496 e. The number of guanidine groups is 1. The van der Waals surface area contributed by atoms with Gasteiger partial charge in [0.1, 0.15) is 5.75 Å². The van der Waals surface area contributed by atoms with Gasteiger partial charge in [-0.05, 0) is 55.2 Å². The van der Waals surface area contributed by atoms with Crippen molar-refractivity contribution in [2.75, 3.05) is 26.5 Å². The SMILES string of the molecule is CCNC(=NCc1ccc(C)c(OC)c1)NCCc1ccc(S(C)(=O)=O)cc1.I. The van der Waals surface area contributed by atoms with E-state index < -0.39 is 9.84 Å². The van der Waals surface area contributed by atoms with Crippen LogP contribution in [0.15, 0.2) is 52.4 Å². The number of ether oxygens (including phenoxy) is 1. The average molecular weight is 531 g/mol. The molecule has 0 radical (unpaired) electrons. The summed E-state index contributed by atoms with van der Waals surface area (Å²) in [4.78, 5) is 4.97. The first-order valence-electron chi connectivity index (χ1n) is 9.28. The Hall–Kier alpha value is -1.81. The molecule has 0 spiro atoms. The highest BCUT2D eigenvalue weighted by Crippen LogP contribution is 2.19. The molecule has 0 bridgehead atoms. The Bertz CT molecular complexity index is 913. The van der Waals surface area contributed by atoms with Gasteiger partial charge in [0.15, 0.2) is 15.8 Å². The topological polar surface area (TPSA) is 79.8 Å². The second-order valence-corrected chi connectivity index (χ2v) is 8.61. The second-order valence-electron chi connectivity index (χ2n) is 6.59. The summed E-state index contributed by atoms with van der Waals surface area (Å²) < 4.78 is 28.4. The fraction of sp³-hybridized carbons (Fsp3) is 0.381. The zero-order valence-electron chi connectivity index (χ0n) is 17.4. The predicted molar refractivity (Wildman–Crippen MR) is 129 cm³/mol. The maximum atomic E-state index is 11.5. The van der Waals surface area contributed by atoms with Crippen LogP contribution in [0.5, 0.6) is 5.75 Å². The highest BCUT2D eigenvalue weighted by Gasteiger charge is 2.06. The van der Waals surface area contributed by atoms with Gasteiger partial charge in [0.2, 0.25) is 0 Å². The van der Waals surface area contributed by atoms with Crippen molar-refractivity contribution >= 4 is 39.8 Å². The van der Waals surface area contributed by atoms with Gasteiger partial charge < -0.3 is 15.4 Å². The van der Waals surface area contributed by atoms with Crippen LogP contribution >= 0.6 is 24.0 Å². The Morgan fingerprint density at radius 3 is 2.31 bits per heavy atom. The Morgan fingerprint density at radius 2 is 1.72 bits per heavy atom. The van der Waals surface area contributed by atoms with Gasteiger partial charge in [0.05, 0.1) is 18.6 Å². The van der Waals surface area contributed by atoms with E-state index in [1.807, 2.05) is 44.2 Å².